The molecule has 162 valence electrons. The van der Waals surface area contributed by atoms with Crippen LogP contribution >= 0.6 is 0 Å². The summed E-state index contributed by atoms with van der Waals surface area (Å²) in [5.41, 5.74) is 0.699. The smallest absolute Gasteiger partial charge is 0.328 e. The number of methoxy groups -OCH3 is 1. The summed E-state index contributed by atoms with van der Waals surface area (Å²) in [6.45, 7) is 4.45. The molecule has 2 atom stereocenters. The van der Waals surface area contributed by atoms with Crippen molar-refractivity contribution < 1.29 is 29.3 Å². The Morgan fingerprint density at radius 1 is 1.10 bits per heavy atom. The van der Waals surface area contributed by atoms with Gasteiger partial charge in [0.15, 0.2) is 0 Å². The van der Waals surface area contributed by atoms with E-state index in [-0.39, 0.29) is 18.4 Å². The third kappa shape index (κ3) is 9.54. The summed E-state index contributed by atoms with van der Waals surface area (Å²) in [6, 6.07) is 7.26. The molecule has 0 spiro atoms. The fourth-order valence-electron chi connectivity index (χ4n) is 2.90. The third-order valence-electron chi connectivity index (χ3n) is 4.76. The van der Waals surface area contributed by atoms with Crippen molar-refractivity contribution in [3.8, 4) is 0 Å². The average molecular weight is 408 g/mol. The Hall–Kier alpha value is -2.45. The van der Waals surface area contributed by atoms with Gasteiger partial charge >= 0.3 is 11.9 Å². The van der Waals surface area contributed by atoms with Crippen LogP contribution in [0.25, 0.3) is 0 Å². The number of carbonyl (C=O) groups excluding carboxylic acids is 2. The molecule has 0 aliphatic carbocycles. The molecule has 29 heavy (non-hydrogen) atoms. The SMILES string of the molecule is COC(=O)C(Cc1ccccc1)NC(=O)C(CC(=O)O)NCCC(C)(C)CCO. The van der Waals surface area contributed by atoms with Crippen LogP contribution in [0.3, 0.4) is 0 Å². The molecular weight excluding hydrogens is 376 g/mol. The number of amides is 1. The Balaban J connectivity index is 2.78. The number of aliphatic hydroxyl groups is 1. The Morgan fingerprint density at radius 2 is 1.76 bits per heavy atom. The summed E-state index contributed by atoms with van der Waals surface area (Å²) < 4.78 is 4.78. The monoisotopic (exact) mass is 408 g/mol. The maximum absolute atomic E-state index is 12.7. The number of hydrogen-bond acceptors (Lipinski definition) is 6. The molecule has 8 nitrogen and oxygen atoms in total. The first-order chi connectivity index (χ1) is 13.7. The zero-order chi connectivity index (χ0) is 21.9. The lowest BCUT2D eigenvalue weighted by Gasteiger charge is -2.26. The summed E-state index contributed by atoms with van der Waals surface area (Å²) >= 11 is 0. The third-order valence-corrected chi connectivity index (χ3v) is 4.76. The number of benzene rings is 1. The topological polar surface area (TPSA) is 125 Å². The van der Waals surface area contributed by atoms with E-state index < -0.39 is 36.4 Å². The molecule has 0 saturated heterocycles. The maximum Gasteiger partial charge on any atom is 0.328 e. The minimum atomic E-state index is -1.12. The normalized spacial score (nSPS) is 13.4. The van der Waals surface area contributed by atoms with Gasteiger partial charge in [0.25, 0.3) is 0 Å². The van der Waals surface area contributed by atoms with Crippen LogP contribution in [0.15, 0.2) is 30.3 Å². The predicted molar refractivity (Wildman–Crippen MR) is 108 cm³/mol. The van der Waals surface area contributed by atoms with Crippen molar-refractivity contribution in [1.29, 1.82) is 0 Å². The molecule has 0 aliphatic rings. The second-order valence-electron chi connectivity index (χ2n) is 7.77. The van der Waals surface area contributed by atoms with E-state index in [0.717, 1.165) is 5.56 Å². The fourth-order valence-corrected chi connectivity index (χ4v) is 2.90. The Kier molecular flexibility index (Phi) is 10.3. The lowest BCUT2D eigenvalue weighted by atomic mass is 9.86. The molecule has 1 aromatic carbocycles. The molecule has 0 saturated carbocycles. The van der Waals surface area contributed by atoms with E-state index in [1.165, 1.54) is 7.11 Å². The van der Waals surface area contributed by atoms with Crippen LogP contribution in [0.1, 0.15) is 38.7 Å². The molecule has 8 heteroatoms. The van der Waals surface area contributed by atoms with Gasteiger partial charge in [-0.3, -0.25) is 9.59 Å². The highest BCUT2D eigenvalue weighted by molar-refractivity contribution is 5.90. The second-order valence-corrected chi connectivity index (χ2v) is 7.77. The average Bonchev–Trinajstić information content (AvgIpc) is 2.66. The van der Waals surface area contributed by atoms with Gasteiger partial charge in [-0.25, -0.2) is 4.79 Å². The van der Waals surface area contributed by atoms with Gasteiger partial charge in [-0.15, -0.1) is 0 Å². The summed E-state index contributed by atoms with van der Waals surface area (Å²) in [7, 11) is 1.24. The van der Waals surface area contributed by atoms with Crippen molar-refractivity contribution in [2.45, 2.75) is 51.6 Å². The number of aliphatic carboxylic acids is 1. The number of esters is 1. The van der Waals surface area contributed by atoms with Gasteiger partial charge in [0.2, 0.25) is 5.91 Å². The molecule has 4 N–H and O–H groups in total. The van der Waals surface area contributed by atoms with E-state index in [1.807, 2.05) is 44.2 Å². The predicted octanol–water partition coefficient (Wildman–Crippen LogP) is 1.12. The molecule has 1 rings (SSSR count). The Morgan fingerprint density at radius 3 is 2.31 bits per heavy atom. The van der Waals surface area contributed by atoms with E-state index in [1.54, 1.807) is 0 Å². The number of hydrogen-bond donors (Lipinski definition) is 4. The molecule has 0 bridgehead atoms. The van der Waals surface area contributed by atoms with E-state index in [4.69, 9.17) is 14.9 Å². The number of carboxylic acids is 1. The zero-order valence-electron chi connectivity index (χ0n) is 17.3. The summed E-state index contributed by atoms with van der Waals surface area (Å²) in [5.74, 6) is -2.29. The van der Waals surface area contributed by atoms with Crippen LogP contribution in [0.2, 0.25) is 0 Å². The number of carbonyl (C=O) groups is 3. The number of ether oxygens (including phenoxy) is 1. The minimum Gasteiger partial charge on any atom is -0.481 e. The standard InChI is InChI=1S/C21H32N2O6/c1-21(2,10-12-24)9-11-22-16(14-18(25)26)19(27)23-17(20(28)29-3)13-15-7-5-4-6-8-15/h4-8,16-17,22,24H,9-14H2,1-3H3,(H,23,27)(H,25,26). The number of carboxylic acid groups (broad SMARTS) is 1. The maximum atomic E-state index is 12.7. The van der Waals surface area contributed by atoms with Gasteiger partial charge in [0.1, 0.15) is 6.04 Å². The minimum absolute atomic E-state index is 0.0618. The fraction of sp³-hybridized carbons (Fsp3) is 0.571. The highest BCUT2D eigenvalue weighted by Gasteiger charge is 2.28. The van der Waals surface area contributed by atoms with Gasteiger partial charge in [-0.05, 0) is 30.4 Å². The first-order valence-electron chi connectivity index (χ1n) is 9.66. The molecular formula is C21H32N2O6. The summed E-state index contributed by atoms with van der Waals surface area (Å²) in [5, 5.41) is 23.8. The van der Waals surface area contributed by atoms with E-state index in [2.05, 4.69) is 10.6 Å². The lowest BCUT2D eigenvalue weighted by molar-refractivity contribution is -0.145. The van der Waals surface area contributed by atoms with Crippen molar-refractivity contribution >= 4 is 17.8 Å². The molecule has 0 aromatic heterocycles. The van der Waals surface area contributed by atoms with E-state index in [0.29, 0.717) is 19.4 Å². The van der Waals surface area contributed by atoms with E-state index in [9.17, 15) is 14.4 Å². The summed E-state index contributed by atoms with van der Waals surface area (Å²) in [6.07, 6.45) is 1.08. The van der Waals surface area contributed by atoms with Crippen LogP contribution in [-0.2, 0) is 25.5 Å². The first-order valence-corrected chi connectivity index (χ1v) is 9.66. The van der Waals surface area contributed by atoms with Crippen LogP contribution in [-0.4, -0.2) is 60.4 Å². The Bertz CT molecular complexity index is 662. The van der Waals surface area contributed by atoms with Crippen LogP contribution < -0.4 is 10.6 Å². The molecule has 1 amide bonds. The number of nitrogens with one attached hydrogen (secondary N) is 2. The van der Waals surface area contributed by atoms with Crippen LogP contribution in [0.5, 0.6) is 0 Å². The van der Waals surface area contributed by atoms with E-state index >= 15 is 0 Å². The van der Waals surface area contributed by atoms with Gasteiger partial charge in [0.05, 0.1) is 19.6 Å². The van der Waals surface area contributed by atoms with Crippen LogP contribution in [0, 0.1) is 5.41 Å². The van der Waals surface area contributed by atoms with Gasteiger partial charge < -0.3 is 25.6 Å². The Labute approximate surface area is 171 Å². The second kappa shape index (κ2) is 12.2. The van der Waals surface area contributed by atoms with Gasteiger partial charge in [-0.1, -0.05) is 44.2 Å². The van der Waals surface area contributed by atoms with Crippen molar-refractivity contribution in [3.05, 3.63) is 35.9 Å². The van der Waals surface area contributed by atoms with Crippen molar-refractivity contribution in [2.24, 2.45) is 5.41 Å². The first kappa shape index (κ1) is 24.6. The molecule has 0 aliphatic heterocycles. The largest absolute Gasteiger partial charge is 0.481 e. The molecule has 0 radical (unpaired) electrons. The van der Waals surface area contributed by atoms with Gasteiger partial charge in [-0.2, -0.15) is 0 Å². The number of rotatable bonds is 13. The van der Waals surface area contributed by atoms with Crippen molar-refractivity contribution in [2.75, 3.05) is 20.3 Å². The highest BCUT2D eigenvalue weighted by atomic mass is 16.5. The molecule has 0 heterocycles. The van der Waals surface area contributed by atoms with Crippen molar-refractivity contribution in [1.82, 2.24) is 10.6 Å². The molecule has 0 fully saturated rings. The quantitative estimate of drug-likeness (QED) is 0.360. The van der Waals surface area contributed by atoms with Crippen molar-refractivity contribution in [3.63, 3.8) is 0 Å². The zero-order valence-corrected chi connectivity index (χ0v) is 17.3. The van der Waals surface area contributed by atoms with Gasteiger partial charge in [0, 0.05) is 13.0 Å². The summed E-state index contributed by atoms with van der Waals surface area (Å²) in [4.78, 5) is 36.0. The van der Waals surface area contributed by atoms with Crippen LogP contribution in [0.4, 0.5) is 0 Å². The lowest BCUT2D eigenvalue weighted by Crippen LogP contribution is -2.52. The number of aliphatic hydroxyl groups excluding tert-OH is 1. The molecule has 1 aromatic rings. The molecule has 2 unspecified atom stereocenters. The highest BCUT2D eigenvalue weighted by Crippen LogP contribution is 2.23.